The van der Waals surface area contributed by atoms with Crippen molar-refractivity contribution in [3.8, 4) is 11.8 Å². The lowest BCUT2D eigenvalue weighted by atomic mass is 10.2. The molecule has 0 radical (unpaired) electrons. The number of carbonyl (C=O) groups is 1. The molecule has 0 aliphatic heterocycles. The molecule has 0 fully saturated rings. The average molecular weight is 306 g/mol. The van der Waals surface area contributed by atoms with Crippen LogP contribution in [0.15, 0.2) is 42.7 Å². The molecule has 0 aliphatic rings. The first-order valence-electron chi connectivity index (χ1n) is 7.14. The number of fused-ring (bicyclic) bond motifs is 1. The van der Waals surface area contributed by atoms with Crippen molar-refractivity contribution >= 4 is 17.0 Å². The third kappa shape index (κ3) is 2.90. The summed E-state index contributed by atoms with van der Waals surface area (Å²) in [5.74, 6) is -0.196. The Kier molecular flexibility index (Phi) is 3.77. The molecule has 2 aromatic heterocycles. The number of nitriles is 1. The van der Waals surface area contributed by atoms with Gasteiger partial charge in [-0.25, -0.2) is 14.5 Å². The van der Waals surface area contributed by atoms with Crippen LogP contribution in [0.5, 0.6) is 5.75 Å². The average Bonchev–Trinajstić information content (AvgIpc) is 2.98. The summed E-state index contributed by atoms with van der Waals surface area (Å²) in [5.41, 5.74) is 1.49. The third-order valence-electron chi connectivity index (χ3n) is 3.33. The van der Waals surface area contributed by atoms with Gasteiger partial charge in [0, 0.05) is 17.6 Å². The van der Waals surface area contributed by atoms with E-state index in [4.69, 9.17) is 10.00 Å². The standard InChI is InChI=1S/C17H14N4O2/c1-11(2)21-16-13(10-20-21)7-14(9-19-16)17(22)23-15-5-3-4-12(6-15)8-18/h3-7,9-11H,1-2H3. The van der Waals surface area contributed by atoms with Crippen LogP contribution in [0.1, 0.15) is 35.8 Å². The van der Waals surface area contributed by atoms with Gasteiger partial charge in [-0.1, -0.05) is 6.07 Å². The molecule has 0 bridgehead atoms. The van der Waals surface area contributed by atoms with Gasteiger partial charge in [0.25, 0.3) is 0 Å². The summed E-state index contributed by atoms with van der Waals surface area (Å²) in [7, 11) is 0. The summed E-state index contributed by atoms with van der Waals surface area (Å²) in [6.07, 6.45) is 3.15. The number of nitrogens with zero attached hydrogens (tertiary/aromatic N) is 4. The zero-order valence-electron chi connectivity index (χ0n) is 12.7. The van der Waals surface area contributed by atoms with Crippen molar-refractivity contribution < 1.29 is 9.53 Å². The highest BCUT2D eigenvalue weighted by molar-refractivity contribution is 5.94. The lowest BCUT2D eigenvalue weighted by molar-refractivity contribution is 0.0734. The Labute approximate surface area is 132 Å². The molecule has 1 aromatic carbocycles. The second-order valence-electron chi connectivity index (χ2n) is 5.35. The number of carbonyl (C=O) groups excluding carboxylic acids is 1. The number of pyridine rings is 1. The zero-order valence-corrected chi connectivity index (χ0v) is 12.7. The first-order valence-corrected chi connectivity index (χ1v) is 7.14. The number of ether oxygens (including phenoxy) is 1. The second kappa shape index (κ2) is 5.89. The summed E-state index contributed by atoms with van der Waals surface area (Å²) in [6, 6.07) is 10.3. The Morgan fingerprint density at radius 1 is 1.30 bits per heavy atom. The quantitative estimate of drug-likeness (QED) is 0.548. The fraction of sp³-hybridized carbons (Fsp3) is 0.176. The van der Waals surface area contributed by atoms with Gasteiger partial charge in [-0.2, -0.15) is 10.4 Å². The van der Waals surface area contributed by atoms with E-state index in [1.165, 1.54) is 12.3 Å². The van der Waals surface area contributed by atoms with Gasteiger partial charge in [0.05, 0.1) is 23.4 Å². The minimum Gasteiger partial charge on any atom is -0.423 e. The van der Waals surface area contributed by atoms with Crippen LogP contribution in [-0.2, 0) is 0 Å². The van der Waals surface area contributed by atoms with E-state index in [2.05, 4.69) is 10.1 Å². The maximum atomic E-state index is 12.2. The Balaban J connectivity index is 1.87. The molecule has 0 saturated carbocycles. The summed E-state index contributed by atoms with van der Waals surface area (Å²) in [6.45, 7) is 4.02. The fourth-order valence-electron chi connectivity index (χ4n) is 2.22. The van der Waals surface area contributed by atoms with Gasteiger partial charge in [0.2, 0.25) is 0 Å². The molecule has 0 N–H and O–H groups in total. The van der Waals surface area contributed by atoms with Crippen molar-refractivity contribution in [3.63, 3.8) is 0 Å². The van der Waals surface area contributed by atoms with Crippen molar-refractivity contribution in [1.82, 2.24) is 14.8 Å². The fourth-order valence-corrected chi connectivity index (χ4v) is 2.22. The van der Waals surface area contributed by atoms with Crippen molar-refractivity contribution in [2.75, 3.05) is 0 Å². The smallest absolute Gasteiger partial charge is 0.345 e. The molecule has 0 atom stereocenters. The van der Waals surface area contributed by atoms with E-state index in [1.54, 1.807) is 35.1 Å². The highest BCUT2D eigenvalue weighted by Crippen LogP contribution is 2.19. The zero-order chi connectivity index (χ0) is 16.4. The lowest BCUT2D eigenvalue weighted by Crippen LogP contribution is -2.09. The molecule has 23 heavy (non-hydrogen) atoms. The van der Waals surface area contributed by atoms with Gasteiger partial charge in [-0.3, -0.25) is 0 Å². The number of rotatable bonds is 3. The molecular formula is C17H14N4O2. The highest BCUT2D eigenvalue weighted by atomic mass is 16.5. The summed E-state index contributed by atoms with van der Waals surface area (Å²) in [5, 5.41) is 13.9. The van der Waals surface area contributed by atoms with Crippen molar-refractivity contribution in [2.24, 2.45) is 0 Å². The molecule has 3 rings (SSSR count). The van der Waals surface area contributed by atoms with E-state index in [9.17, 15) is 4.79 Å². The monoisotopic (exact) mass is 306 g/mol. The van der Waals surface area contributed by atoms with E-state index in [0.717, 1.165) is 11.0 Å². The van der Waals surface area contributed by atoms with Crippen LogP contribution in [0, 0.1) is 11.3 Å². The summed E-state index contributed by atoms with van der Waals surface area (Å²) < 4.78 is 7.08. The molecule has 2 heterocycles. The summed E-state index contributed by atoms with van der Waals surface area (Å²) in [4.78, 5) is 16.5. The van der Waals surface area contributed by atoms with Crippen LogP contribution in [-0.4, -0.2) is 20.7 Å². The first-order chi connectivity index (χ1) is 11.1. The predicted molar refractivity (Wildman–Crippen MR) is 84.0 cm³/mol. The highest BCUT2D eigenvalue weighted by Gasteiger charge is 2.13. The van der Waals surface area contributed by atoms with Crippen molar-refractivity contribution in [3.05, 3.63) is 53.9 Å². The molecule has 6 nitrogen and oxygen atoms in total. The number of esters is 1. The van der Waals surface area contributed by atoms with Gasteiger partial charge >= 0.3 is 5.97 Å². The molecule has 114 valence electrons. The lowest BCUT2D eigenvalue weighted by Gasteiger charge is -2.07. The topological polar surface area (TPSA) is 80.8 Å². The van der Waals surface area contributed by atoms with Gasteiger partial charge < -0.3 is 4.74 Å². The Morgan fingerprint density at radius 2 is 2.13 bits per heavy atom. The van der Waals surface area contributed by atoms with E-state index in [1.807, 2.05) is 19.9 Å². The number of aromatic nitrogens is 3. The third-order valence-corrected chi connectivity index (χ3v) is 3.33. The van der Waals surface area contributed by atoms with E-state index < -0.39 is 5.97 Å². The first kappa shape index (κ1) is 14.7. The number of hydrogen-bond acceptors (Lipinski definition) is 5. The van der Waals surface area contributed by atoms with Crippen LogP contribution in [0.25, 0.3) is 11.0 Å². The Hall–Kier alpha value is -3.20. The van der Waals surface area contributed by atoms with Gasteiger partial charge in [0.1, 0.15) is 5.75 Å². The Morgan fingerprint density at radius 3 is 2.87 bits per heavy atom. The molecule has 0 unspecified atom stereocenters. The molecule has 6 heteroatoms. The number of hydrogen-bond donors (Lipinski definition) is 0. The minimum atomic E-state index is -0.521. The van der Waals surface area contributed by atoms with E-state index in [-0.39, 0.29) is 6.04 Å². The minimum absolute atomic E-state index is 0.187. The SMILES string of the molecule is CC(C)n1ncc2cc(C(=O)Oc3cccc(C#N)c3)cnc21. The van der Waals surface area contributed by atoms with E-state index in [0.29, 0.717) is 16.9 Å². The van der Waals surface area contributed by atoms with Crippen LogP contribution in [0.2, 0.25) is 0 Å². The molecule has 3 aromatic rings. The van der Waals surface area contributed by atoms with Gasteiger partial charge in [0.15, 0.2) is 5.65 Å². The van der Waals surface area contributed by atoms with Crippen LogP contribution in [0.3, 0.4) is 0 Å². The summed E-state index contributed by atoms with van der Waals surface area (Å²) >= 11 is 0. The molecule has 0 spiro atoms. The van der Waals surface area contributed by atoms with Crippen LogP contribution in [0.4, 0.5) is 0 Å². The molecule has 0 aliphatic carbocycles. The molecule has 0 saturated heterocycles. The maximum absolute atomic E-state index is 12.2. The Bertz CT molecular complexity index is 922. The largest absolute Gasteiger partial charge is 0.423 e. The van der Waals surface area contributed by atoms with E-state index >= 15 is 0 Å². The second-order valence-corrected chi connectivity index (χ2v) is 5.35. The van der Waals surface area contributed by atoms with Gasteiger partial charge in [-0.05, 0) is 38.1 Å². The number of benzene rings is 1. The van der Waals surface area contributed by atoms with Crippen molar-refractivity contribution in [2.45, 2.75) is 19.9 Å². The van der Waals surface area contributed by atoms with Crippen molar-refractivity contribution in [1.29, 1.82) is 5.26 Å². The van der Waals surface area contributed by atoms with Gasteiger partial charge in [-0.15, -0.1) is 0 Å². The normalized spacial score (nSPS) is 10.7. The van der Waals surface area contributed by atoms with Crippen LogP contribution >= 0.6 is 0 Å². The maximum Gasteiger partial charge on any atom is 0.345 e. The van der Waals surface area contributed by atoms with Crippen LogP contribution < -0.4 is 4.74 Å². The molecular weight excluding hydrogens is 292 g/mol. The molecule has 0 amide bonds. The predicted octanol–water partition coefficient (Wildman–Crippen LogP) is 3.10.